The number of amides is 1. The van der Waals surface area contributed by atoms with E-state index in [0.717, 1.165) is 11.8 Å². The Morgan fingerprint density at radius 1 is 1.60 bits per heavy atom. The fourth-order valence-electron chi connectivity index (χ4n) is 1.87. The molecule has 1 amide bonds. The number of fused-ring (bicyclic) bond motifs is 1. The van der Waals surface area contributed by atoms with Crippen LogP contribution in [0, 0.1) is 0 Å². The summed E-state index contributed by atoms with van der Waals surface area (Å²) in [5, 5.41) is 3.79. The SMILES string of the molecule is CC(CBr)NC(=O)C1Cc2ccccc21. The van der Waals surface area contributed by atoms with Crippen molar-refractivity contribution in [2.75, 3.05) is 5.33 Å². The molecule has 0 saturated carbocycles. The van der Waals surface area contributed by atoms with Crippen LogP contribution >= 0.6 is 15.9 Å². The monoisotopic (exact) mass is 267 g/mol. The Bertz CT molecular complexity index is 378. The zero-order chi connectivity index (χ0) is 10.8. The van der Waals surface area contributed by atoms with Gasteiger partial charge < -0.3 is 5.32 Å². The Labute approximate surface area is 98.2 Å². The van der Waals surface area contributed by atoms with Crippen molar-refractivity contribution in [3.8, 4) is 0 Å². The van der Waals surface area contributed by atoms with Crippen LogP contribution in [0.5, 0.6) is 0 Å². The Morgan fingerprint density at radius 3 is 3.00 bits per heavy atom. The van der Waals surface area contributed by atoms with E-state index in [1.165, 1.54) is 11.1 Å². The molecule has 3 heteroatoms. The lowest BCUT2D eigenvalue weighted by molar-refractivity contribution is -0.123. The number of nitrogens with one attached hydrogen (secondary N) is 1. The molecule has 0 saturated heterocycles. The van der Waals surface area contributed by atoms with Gasteiger partial charge in [-0.3, -0.25) is 4.79 Å². The third-order valence-electron chi connectivity index (χ3n) is 2.79. The van der Waals surface area contributed by atoms with E-state index in [0.29, 0.717) is 0 Å². The molecule has 1 aliphatic carbocycles. The van der Waals surface area contributed by atoms with Crippen molar-refractivity contribution in [2.45, 2.75) is 25.3 Å². The number of alkyl halides is 1. The predicted octanol–water partition coefficient (Wildman–Crippen LogP) is 2.23. The summed E-state index contributed by atoms with van der Waals surface area (Å²) in [6, 6.07) is 8.35. The van der Waals surface area contributed by atoms with E-state index in [9.17, 15) is 4.79 Å². The molecule has 1 N–H and O–H groups in total. The van der Waals surface area contributed by atoms with Gasteiger partial charge in [-0.1, -0.05) is 40.2 Å². The number of rotatable bonds is 3. The Balaban J connectivity index is 2.01. The molecule has 0 bridgehead atoms. The largest absolute Gasteiger partial charge is 0.352 e. The molecule has 2 atom stereocenters. The van der Waals surface area contributed by atoms with Crippen LogP contribution in [0.4, 0.5) is 0 Å². The average molecular weight is 268 g/mol. The summed E-state index contributed by atoms with van der Waals surface area (Å²) in [5.74, 6) is 0.225. The number of benzene rings is 1. The highest BCUT2D eigenvalue weighted by atomic mass is 79.9. The van der Waals surface area contributed by atoms with E-state index in [1.807, 2.05) is 25.1 Å². The molecule has 2 nitrogen and oxygen atoms in total. The zero-order valence-electron chi connectivity index (χ0n) is 8.66. The Hall–Kier alpha value is -0.830. The van der Waals surface area contributed by atoms with Crippen LogP contribution in [0.1, 0.15) is 24.0 Å². The van der Waals surface area contributed by atoms with E-state index in [1.54, 1.807) is 0 Å². The molecular weight excluding hydrogens is 254 g/mol. The first-order chi connectivity index (χ1) is 7.22. The smallest absolute Gasteiger partial charge is 0.228 e. The molecule has 2 rings (SSSR count). The summed E-state index contributed by atoms with van der Waals surface area (Å²) >= 11 is 3.35. The van der Waals surface area contributed by atoms with Crippen molar-refractivity contribution in [1.29, 1.82) is 0 Å². The second-order valence-electron chi connectivity index (χ2n) is 4.02. The standard InChI is InChI=1S/C12H14BrNO/c1-8(7-13)14-12(15)11-6-9-4-2-3-5-10(9)11/h2-5,8,11H,6-7H2,1H3,(H,14,15). The van der Waals surface area contributed by atoms with Crippen molar-refractivity contribution >= 4 is 21.8 Å². The summed E-state index contributed by atoms with van der Waals surface area (Å²) in [6.07, 6.45) is 0.886. The Kier molecular flexibility index (Phi) is 3.10. The quantitative estimate of drug-likeness (QED) is 0.837. The van der Waals surface area contributed by atoms with Crippen LogP contribution in [0.2, 0.25) is 0 Å². The van der Waals surface area contributed by atoms with Gasteiger partial charge in [-0.2, -0.15) is 0 Å². The van der Waals surface area contributed by atoms with E-state index < -0.39 is 0 Å². The lowest BCUT2D eigenvalue weighted by atomic mass is 9.77. The van der Waals surface area contributed by atoms with Gasteiger partial charge in [-0.05, 0) is 24.5 Å². The molecule has 0 aliphatic heterocycles. The van der Waals surface area contributed by atoms with E-state index in [2.05, 4.69) is 27.3 Å². The van der Waals surface area contributed by atoms with Crippen molar-refractivity contribution in [3.05, 3.63) is 35.4 Å². The van der Waals surface area contributed by atoms with E-state index in [4.69, 9.17) is 0 Å². The highest BCUT2D eigenvalue weighted by Crippen LogP contribution is 2.34. The normalized spacial score (nSPS) is 20.0. The molecule has 0 fully saturated rings. The fourth-order valence-corrected chi connectivity index (χ4v) is 2.04. The molecule has 0 aromatic heterocycles. The highest BCUT2D eigenvalue weighted by molar-refractivity contribution is 9.09. The summed E-state index contributed by atoms with van der Waals surface area (Å²) in [6.45, 7) is 2.00. The topological polar surface area (TPSA) is 29.1 Å². The number of hydrogen-bond donors (Lipinski definition) is 1. The van der Waals surface area contributed by atoms with Gasteiger partial charge in [0.05, 0.1) is 5.92 Å². The molecule has 1 aromatic rings. The summed E-state index contributed by atoms with van der Waals surface area (Å²) in [7, 11) is 0. The van der Waals surface area contributed by atoms with E-state index >= 15 is 0 Å². The van der Waals surface area contributed by atoms with Gasteiger partial charge >= 0.3 is 0 Å². The van der Waals surface area contributed by atoms with Gasteiger partial charge in [-0.15, -0.1) is 0 Å². The minimum absolute atomic E-state index is 0.0719. The average Bonchev–Trinajstić information content (AvgIpc) is 2.19. The van der Waals surface area contributed by atoms with Gasteiger partial charge in [-0.25, -0.2) is 0 Å². The van der Waals surface area contributed by atoms with Crippen LogP contribution in [0.15, 0.2) is 24.3 Å². The fraction of sp³-hybridized carbons (Fsp3) is 0.417. The second-order valence-corrected chi connectivity index (χ2v) is 4.67. The van der Waals surface area contributed by atoms with Crippen LogP contribution in [-0.4, -0.2) is 17.3 Å². The first kappa shape index (κ1) is 10.7. The second kappa shape index (κ2) is 4.35. The maximum absolute atomic E-state index is 11.8. The molecule has 0 radical (unpaired) electrons. The predicted molar refractivity (Wildman–Crippen MR) is 64.3 cm³/mol. The molecule has 1 aromatic carbocycles. The third kappa shape index (κ3) is 2.07. The van der Waals surface area contributed by atoms with Crippen molar-refractivity contribution in [2.24, 2.45) is 0 Å². The minimum atomic E-state index is 0.0719. The molecule has 80 valence electrons. The van der Waals surface area contributed by atoms with Gasteiger partial charge in [0.1, 0.15) is 0 Å². The number of hydrogen-bond acceptors (Lipinski definition) is 1. The molecule has 0 spiro atoms. The van der Waals surface area contributed by atoms with Crippen LogP contribution in [0.25, 0.3) is 0 Å². The van der Waals surface area contributed by atoms with Crippen molar-refractivity contribution in [3.63, 3.8) is 0 Å². The lowest BCUT2D eigenvalue weighted by Gasteiger charge is -2.29. The molecule has 15 heavy (non-hydrogen) atoms. The highest BCUT2D eigenvalue weighted by Gasteiger charge is 2.31. The van der Waals surface area contributed by atoms with Gasteiger partial charge in [0.25, 0.3) is 0 Å². The van der Waals surface area contributed by atoms with Gasteiger partial charge in [0, 0.05) is 11.4 Å². The third-order valence-corrected chi connectivity index (χ3v) is 3.76. The minimum Gasteiger partial charge on any atom is -0.352 e. The lowest BCUT2D eigenvalue weighted by Crippen LogP contribution is -2.40. The molecule has 1 aliphatic rings. The summed E-state index contributed by atoms with van der Waals surface area (Å²) in [5.41, 5.74) is 2.50. The zero-order valence-corrected chi connectivity index (χ0v) is 10.3. The number of carbonyl (C=O) groups excluding carboxylic acids is 1. The number of halogens is 1. The molecule has 0 heterocycles. The maximum atomic E-state index is 11.8. The summed E-state index contributed by atoms with van der Waals surface area (Å²) in [4.78, 5) is 11.8. The Morgan fingerprint density at radius 2 is 2.33 bits per heavy atom. The molecule has 2 unspecified atom stereocenters. The van der Waals surface area contributed by atoms with E-state index in [-0.39, 0.29) is 17.9 Å². The van der Waals surface area contributed by atoms with Crippen LogP contribution in [0.3, 0.4) is 0 Å². The first-order valence-corrected chi connectivity index (χ1v) is 6.28. The maximum Gasteiger partial charge on any atom is 0.228 e. The van der Waals surface area contributed by atoms with Crippen molar-refractivity contribution in [1.82, 2.24) is 5.32 Å². The van der Waals surface area contributed by atoms with Gasteiger partial charge in [0.15, 0.2) is 0 Å². The van der Waals surface area contributed by atoms with Crippen molar-refractivity contribution < 1.29 is 4.79 Å². The van der Waals surface area contributed by atoms with Crippen LogP contribution < -0.4 is 5.32 Å². The summed E-state index contributed by atoms with van der Waals surface area (Å²) < 4.78 is 0. The number of carbonyl (C=O) groups is 1. The first-order valence-electron chi connectivity index (χ1n) is 5.16. The van der Waals surface area contributed by atoms with Crippen LogP contribution in [-0.2, 0) is 11.2 Å². The molecular formula is C12H14BrNO. The van der Waals surface area contributed by atoms with Gasteiger partial charge in [0.2, 0.25) is 5.91 Å².